The van der Waals surface area contributed by atoms with Crippen LogP contribution in [-0.2, 0) is 4.79 Å². The van der Waals surface area contributed by atoms with E-state index in [1.807, 2.05) is 17.0 Å². The lowest BCUT2D eigenvalue weighted by Crippen LogP contribution is -2.37. The van der Waals surface area contributed by atoms with Crippen LogP contribution in [0.1, 0.15) is 33.9 Å². The van der Waals surface area contributed by atoms with Gasteiger partial charge in [0.1, 0.15) is 5.82 Å². The van der Waals surface area contributed by atoms with E-state index in [4.69, 9.17) is 0 Å². The number of rotatable bonds is 5. The highest BCUT2D eigenvalue weighted by molar-refractivity contribution is 5.94. The second-order valence-corrected chi connectivity index (χ2v) is 7.94. The molecule has 2 amide bonds. The molecule has 2 fully saturated rings. The van der Waals surface area contributed by atoms with Crippen LogP contribution in [0, 0.1) is 24.6 Å². The molecule has 2 N–H and O–H groups in total. The second-order valence-electron chi connectivity index (χ2n) is 7.94. The van der Waals surface area contributed by atoms with Crippen LogP contribution in [0.15, 0.2) is 48.5 Å². The standard InChI is InChI=1S/C23H26FN3O2/c1-15-4-2-3-5-19(15)22-20-13-25-12-17(20)14-27(22)21(28)10-11-26-23(29)16-6-8-18(24)9-7-16/h2-9,17,20,22,25H,10-14H2,1H3,(H,26,29)/t17-,20-,22-/m0/s1. The van der Waals surface area contributed by atoms with Gasteiger partial charge in [0.25, 0.3) is 5.91 Å². The van der Waals surface area contributed by atoms with E-state index in [1.54, 1.807) is 0 Å². The second kappa shape index (κ2) is 8.33. The van der Waals surface area contributed by atoms with Gasteiger partial charge in [-0.25, -0.2) is 4.39 Å². The summed E-state index contributed by atoms with van der Waals surface area (Å²) in [6, 6.07) is 13.7. The molecule has 0 saturated carbocycles. The molecule has 2 aromatic carbocycles. The number of nitrogens with one attached hydrogen (secondary N) is 2. The van der Waals surface area contributed by atoms with Crippen molar-refractivity contribution in [1.82, 2.24) is 15.5 Å². The highest BCUT2D eigenvalue weighted by atomic mass is 19.1. The first-order valence-electron chi connectivity index (χ1n) is 10.1. The number of fused-ring (bicyclic) bond motifs is 1. The largest absolute Gasteiger partial charge is 0.352 e. The van der Waals surface area contributed by atoms with Gasteiger partial charge in [-0.3, -0.25) is 9.59 Å². The Labute approximate surface area is 170 Å². The number of hydrogen-bond acceptors (Lipinski definition) is 3. The summed E-state index contributed by atoms with van der Waals surface area (Å²) in [5.41, 5.74) is 2.80. The van der Waals surface area contributed by atoms with Gasteiger partial charge >= 0.3 is 0 Å². The minimum Gasteiger partial charge on any atom is -0.352 e. The predicted octanol–water partition coefficient (Wildman–Crippen LogP) is 2.67. The van der Waals surface area contributed by atoms with Crippen molar-refractivity contribution in [3.05, 3.63) is 71.0 Å². The first-order valence-corrected chi connectivity index (χ1v) is 10.1. The maximum Gasteiger partial charge on any atom is 0.251 e. The van der Waals surface area contributed by atoms with Gasteiger partial charge in [0, 0.05) is 44.1 Å². The highest BCUT2D eigenvalue weighted by Crippen LogP contribution is 2.43. The molecule has 4 rings (SSSR count). The maximum absolute atomic E-state index is 13.0. The molecule has 152 valence electrons. The summed E-state index contributed by atoms with van der Waals surface area (Å²) in [6.07, 6.45) is 0.252. The fourth-order valence-electron chi connectivity index (χ4n) is 4.62. The van der Waals surface area contributed by atoms with Crippen molar-refractivity contribution in [2.45, 2.75) is 19.4 Å². The molecule has 5 nitrogen and oxygen atoms in total. The van der Waals surface area contributed by atoms with Gasteiger partial charge in [-0.2, -0.15) is 0 Å². The Kier molecular flexibility index (Phi) is 5.62. The Morgan fingerprint density at radius 3 is 2.66 bits per heavy atom. The Bertz CT molecular complexity index is 899. The van der Waals surface area contributed by atoms with Gasteiger partial charge in [0.2, 0.25) is 5.91 Å². The van der Waals surface area contributed by atoms with Crippen molar-refractivity contribution in [3.8, 4) is 0 Å². The van der Waals surface area contributed by atoms with E-state index in [2.05, 4.69) is 29.7 Å². The van der Waals surface area contributed by atoms with E-state index in [0.717, 1.165) is 19.6 Å². The lowest BCUT2D eigenvalue weighted by molar-refractivity contribution is -0.132. The van der Waals surface area contributed by atoms with Gasteiger partial charge in [-0.15, -0.1) is 0 Å². The van der Waals surface area contributed by atoms with Crippen molar-refractivity contribution >= 4 is 11.8 Å². The molecule has 3 atom stereocenters. The monoisotopic (exact) mass is 395 g/mol. The van der Waals surface area contributed by atoms with Crippen LogP contribution in [0.2, 0.25) is 0 Å². The van der Waals surface area contributed by atoms with Crippen molar-refractivity contribution in [2.75, 3.05) is 26.2 Å². The molecule has 2 aliphatic heterocycles. The van der Waals surface area contributed by atoms with Crippen LogP contribution >= 0.6 is 0 Å². The van der Waals surface area contributed by atoms with Gasteiger partial charge in [0.15, 0.2) is 0 Å². The van der Waals surface area contributed by atoms with Crippen molar-refractivity contribution in [1.29, 1.82) is 0 Å². The fourth-order valence-corrected chi connectivity index (χ4v) is 4.62. The van der Waals surface area contributed by atoms with Crippen LogP contribution < -0.4 is 10.6 Å². The third kappa shape index (κ3) is 4.03. The number of hydrogen-bond donors (Lipinski definition) is 2. The summed E-state index contributed by atoms with van der Waals surface area (Å²) in [6.45, 7) is 4.98. The van der Waals surface area contributed by atoms with Gasteiger partial charge < -0.3 is 15.5 Å². The fraction of sp³-hybridized carbons (Fsp3) is 0.391. The Balaban J connectivity index is 1.41. The highest BCUT2D eigenvalue weighted by Gasteiger charge is 2.46. The zero-order valence-electron chi connectivity index (χ0n) is 16.5. The van der Waals surface area contributed by atoms with E-state index in [9.17, 15) is 14.0 Å². The van der Waals surface area contributed by atoms with E-state index < -0.39 is 0 Å². The number of nitrogens with zero attached hydrogens (tertiary/aromatic N) is 1. The quantitative estimate of drug-likeness (QED) is 0.818. The summed E-state index contributed by atoms with van der Waals surface area (Å²) >= 11 is 0. The number of likely N-dealkylation sites (tertiary alicyclic amines) is 1. The van der Waals surface area contributed by atoms with Crippen LogP contribution in [0.3, 0.4) is 0 Å². The molecule has 0 aliphatic carbocycles. The van der Waals surface area contributed by atoms with Crippen LogP contribution in [0.5, 0.6) is 0 Å². The summed E-state index contributed by atoms with van der Waals surface area (Å²) in [5, 5.41) is 6.23. The Hall–Kier alpha value is -2.73. The molecule has 29 heavy (non-hydrogen) atoms. The lowest BCUT2D eigenvalue weighted by Gasteiger charge is -2.29. The molecule has 2 aromatic rings. The number of halogens is 1. The zero-order chi connectivity index (χ0) is 20.4. The van der Waals surface area contributed by atoms with Crippen LogP contribution in [0.25, 0.3) is 0 Å². The molecule has 2 aliphatic rings. The first kappa shape index (κ1) is 19.6. The molecule has 0 spiro atoms. The number of amides is 2. The zero-order valence-corrected chi connectivity index (χ0v) is 16.5. The number of carbonyl (C=O) groups excluding carboxylic acids is 2. The molecular formula is C23H26FN3O2. The van der Waals surface area contributed by atoms with Crippen molar-refractivity contribution < 1.29 is 14.0 Å². The average molecular weight is 395 g/mol. The molecule has 2 heterocycles. The predicted molar refractivity (Wildman–Crippen MR) is 109 cm³/mol. The molecule has 0 aromatic heterocycles. The molecule has 0 unspecified atom stereocenters. The molecular weight excluding hydrogens is 369 g/mol. The van der Waals surface area contributed by atoms with E-state index >= 15 is 0 Å². The lowest BCUT2D eigenvalue weighted by atomic mass is 9.87. The SMILES string of the molecule is Cc1ccccc1[C@H]1[C@H]2CNC[C@H]2CN1C(=O)CCNC(=O)c1ccc(F)cc1. The maximum atomic E-state index is 13.0. The van der Waals surface area contributed by atoms with Crippen LogP contribution in [0.4, 0.5) is 4.39 Å². The molecule has 0 bridgehead atoms. The van der Waals surface area contributed by atoms with Crippen LogP contribution in [-0.4, -0.2) is 42.9 Å². The number of benzene rings is 2. The minimum absolute atomic E-state index is 0.0621. The molecule has 2 saturated heterocycles. The normalized spacial score (nSPS) is 23.1. The third-order valence-electron chi connectivity index (χ3n) is 6.12. The van der Waals surface area contributed by atoms with Gasteiger partial charge in [-0.05, 0) is 48.2 Å². The smallest absolute Gasteiger partial charge is 0.251 e. The Morgan fingerprint density at radius 1 is 1.14 bits per heavy atom. The Morgan fingerprint density at radius 2 is 1.90 bits per heavy atom. The van der Waals surface area contributed by atoms with E-state index in [0.29, 0.717) is 17.4 Å². The minimum atomic E-state index is -0.381. The summed E-state index contributed by atoms with van der Waals surface area (Å²) < 4.78 is 13.0. The summed E-state index contributed by atoms with van der Waals surface area (Å²) in [5.74, 6) is 0.280. The third-order valence-corrected chi connectivity index (χ3v) is 6.12. The van der Waals surface area contributed by atoms with E-state index in [-0.39, 0.29) is 36.6 Å². The topological polar surface area (TPSA) is 61.4 Å². The van der Waals surface area contributed by atoms with Crippen molar-refractivity contribution in [3.63, 3.8) is 0 Å². The van der Waals surface area contributed by atoms with E-state index in [1.165, 1.54) is 35.4 Å². The summed E-state index contributed by atoms with van der Waals surface area (Å²) in [7, 11) is 0. The number of aryl methyl sites for hydroxylation is 1. The summed E-state index contributed by atoms with van der Waals surface area (Å²) in [4.78, 5) is 27.2. The first-order chi connectivity index (χ1) is 14.0. The van der Waals surface area contributed by atoms with Gasteiger partial charge in [0.05, 0.1) is 6.04 Å². The molecule has 6 heteroatoms. The number of carbonyl (C=O) groups is 2. The van der Waals surface area contributed by atoms with Gasteiger partial charge in [-0.1, -0.05) is 24.3 Å². The van der Waals surface area contributed by atoms with Crippen molar-refractivity contribution in [2.24, 2.45) is 11.8 Å². The average Bonchev–Trinajstić information content (AvgIpc) is 3.30. The molecule has 0 radical (unpaired) electrons.